The van der Waals surface area contributed by atoms with Gasteiger partial charge in [-0.2, -0.15) is 9.52 Å². The predicted octanol–water partition coefficient (Wildman–Crippen LogP) is 8.24. The molecule has 0 fully saturated rings. The van der Waals surface area contributed by atoms with Gasteiger partial charge in [-0.05, 0) is 118 Å². The quantitative estimate of drug-likeness (QED) is 0.0553. The number of aromatic nitrogens is 10. The molecule has 0 spiro atoms. The fraction of sp³-hybridized carbons (Fsp3) is 0.164. The second kappa shape index (κ2) is 25.5. The van der Waals surface area contributed by atoms with Crippen LogP contribution in [0.15, 0.2) is 153 Å². The smallest absolute Gasteiger partial charge is 0.262 e. The number of sulfonamides is 3. The summed E-state index contributed by atoms with van der Waals surface area (Å²) in [7, 11) is -6.31. The van der Waals surface area contributed by atoms with E-state index in [1.807, 2.05) is 31.2 Å². The molecule has 4 heterocycles. The Morgan fingerprint density at radius 1 is 0.632 bits per heavy atom. The van der Waals surface area contributed by atoms with Crippen LogP contribution in [0, 0.1) is 6.92 Å². The number of hydrogen-bond donors (Lipinski definition) is 4. The molecule has 0 radical (unpaired) electrons. The Morgan fingerprint density at radius 2 is 1.15 bits per heavy atom. The number of rotatable bonds is 19. The molecule has 0 unspecified atom stereocenters. The third kappa shape index (κ3) is 13.2. The molecule has 0 bridgehead atoms. The first-order valence-electron chi connectivity index (χ1n) is 25.2. The summed E-state index contributed by atoms with van der Waals surface area (Å²) in [6, 6.07) is 37.2. The van der Waals surface area contributed by atoms with Gasteiger partial charge in [0.1, 0.15) is 36.8 Å². The van der Waals surface area contributed by atoms with Crippen LogP contribution in [0.3, 0.4) is 0 Å². The van der Waals surface area contributed by atoms with Crippen molar-refractivity contribution >= 4 is 98.0 Å². The van der Waals surface area contributed by atoms with Crippen molar-refractivity contribution in [3.05, 3.63) is 155 Å². The van der Waals surface area contributed by atoms with Crippen molar-refractivity contribution in [1.29, 1.82) is 0 Å². The number of fused-ring (bicyclic) bond motifs is 2. The highest BCUT2D eigenvalue weighted by atomic mass is 35.7. The first-order chi connectivity index (χ1) is 41.0. The minimum absolute atomic E-state index is 0. The van der Waals surface area contributed by atoms with Gasteiger partial charge in [-0.3, -0.25) is 0 Å². The van der Waals surface area contributed by atoms with Gasteiger partial charge in [0, 0.05) is 34.9 Å². The molecule has 87 heavy (non-hydrogen) atoms. The summed E-state index contributed by atoms with van der Waals surface area (Å²) in [5, 5.41) is 32.5. The lowest BCUT2D eigenvalue weighted by Crippen LogP contribution is -2.32. The van der Waals surface area contributed by atoms with E-state index in [2.05, 4.69) is 45.9 Å². The monoisotopic (exact) mass is 1310 g/mol. The zero-order chi connectivity index (χ0) is 61.3. The van der Waals surface area contributed by atoms with Crippen LogP contribution in [0.25, 0.3) is 65.5 Å². The Kier molecular flexibility index (Phi) is 18.5. The van der Waals surface area contributed by atoms with Crippen LogP contribution >= 0.6 is 33.4 Å². The summed E-state index contributed by atoms with van der Waals surface area (Å²) in [6.07, 6.45) is 0. The largest absolute Gasteiger partial charge is 0.497 e. The van der Waals surface area contributed by atoms with Crippen molar-refractivity contribution in [2.24, 2.45) is 5.14 Å². The van der Waals surface area contributed by atoms with Crippen molar-refractivity contribution in [3.63, 3.8) is 0 Å². The Balaban J connectivity index is 0.000000245. The average Bonchev–Trinajstić information content (AvgIpc) is 1.66. The molecule has 0 aliphatic heterocycles. The van der Waals surface area contributed by atoms with Crippen molar-refractivity contribution in [1.82, 2.24) is 59.8 Å². The summed E-state index contributed by atoms with van der Waals surface area (Å²) in [6.45, 7) is 1.67. The third-order valence-electron chi connectivity index (χ3n) is 13.3. The van der Waals surface area contributed by atoms with Crippen LogP contribution in [0.5, 0.6) is 17.2 Å². The standard InChI is InChI=1S/C39H35ClN6O7S3.C15H14N8O4S3.CH4/c1-25-41-37-33(6-5-7-34(37)54-25)32-20-21-35(55(40,47)48)38(36(32)39-42-43-44-46(39)24-28-12-18-31(53-4)19-13-28)56(49,50)45(22-26-8-14-29(51-2)15-9-26)23-27-10-16-30(52-3)17-11-27;1-18-30(26,27)10-6-5-7(8-3-2-4-9-12(8)19-15(16)28-9)11(13(10)29(17,24)25)14-20-22-23-21-14;/h5-21H,22-24H2,1-4H3;2-6,18H,1H3,(H2,16,19)(H2,17,24,25)(H,20,21,22,23);1H4. The number of nitrogen functional groups attached to an aromatic ring is 1. The Morgan fingerprint density at radius 3 is 1.66 bits per heavy atom. The SMILES string of the molecule is C.CNS(=O)(=O)c1ccc(-c2cccc3sc(N)nc23)c(-c2nn[nH]n2)c1S(N)(=O)=O.COc1ccc(CN(Cc2ccc(OC)cc2)S(=O)(=O)c2c(S(=O)(=O)Cl)ccc(-c3cccc4sc(C)nc34)c2-c2nnnn2Cc2ccc(OC)cc2)cc1. The number of methoxy groups -OCH3 is 3. The number of H-pyrrole nitrogens is 1. The zero-order valence-electron chi connectivity index (χ0n) is 45.8. The number of aromatic amines is 1. The molecule has 25 nitrogen and oxygen atoms in total. The molecular weight excluding hydrogens is 1260 g/mol. The van der Waals surface area contributed by atoms with Crippen LogP contribution in [0.1, 0.15) is 29.1 Å². The summed E-state index contributed by atoms with van der Waals surface area (Å²) in [5.74, 6) is 1.65. The predicted molar refractivity (Wildman–Crippen MR) is 331 cm³/mol. The maximum absolute atomic E-state index is 15.6. The Bertz CT molecular complexity index is 4750. The van der Waals surface area contributed by atoms with Crippen LogP contribution in [-0.2, 0) is 58.8 Å². The van der Waals surface area contributed by atoms with Crippen LogP contribution in [0.4, 0.5) is 5.13 Å². The van der Waals surface area contributed by atoms with E-state index >= 15 is 8.42 Å². The summed E-state index contributed by atoms with van der Waals surface area (Å²) < 4.78 is 131. The number of aryl methyl sites for hydroxylation is 1. The minimum Gasteiger partial charge on any atom is -0.497 e. The molecule has 0 atom stereocenters. The molecule has 4 aromatic heterocycles. The van der Waals surface area contributed by atoms with Gasteiger partial charge in [0.2, 0.25) is 35.9 Å². The van der Waals surface area contributed by atoms with Crippen molar-refractivity contribution < 1.29 is 47.9 Å². The van der Waals surface area contributed by atoms with Crippen LogP contribution in [-0.4, -0.2) is 117 Å². The van der Waals surface area contributed by atoms with Gasteiger partial charge in [0.15, 0.2) is 11.0 Å². The normalized spacial score (nSPS) is 12.0. The van der Waals surface area contributed by atoms with Gasteiger partial charge >= 0.3 is 0 Å². The number of nitrogens with one attached hydrogen (secondary N) is 2. The number of primary sulfonamides is 1. The van der Waals surface area contributed by atoms with E-state index in [1.54, 1.807) is 92.0 Å². The lowest BCUT2D eigenvalue weighted by atomic mass is 9.98. The third-order valence-corrected chi connectivity index (χ3v) is 21.1. The second-order valence-electron chi connectivity index (χ2n) is 18.6. The highest BCUT2D eigenvalue weighted by Crippen LogP contribution is 2.46. The Hall–Kier alpha value is -8.37. The molecule has 6 N–H and O–H groups in total. The first kappa shape index (κ1) is 63.1. The molecule has 0 aliphatic rings. The number of halogens is 1. The van der Waals surface area contributed by atoms with Gasteiger partial charge in [0.05, 0.1) is 64.4 Å². The fourth-order valence-electron chi connectivity index (χ4n) is 9.42. The second-order valence-corrected chi connectivity index (χ2v) is 28.7. The van der Waals surface area contributed by atoms with Crippen molar-refractivity contribution in [2.45, 2.75) is 53.6 Å². The molecule has 0 amide bonds. The molecule has 452 valence electrons. The number of ether oxygens (including phenoxy) is 3. The lowest BCUT2D eigenvalue weighted by Gasteiger charge is -2.26. The van der Waals surface area contributed by atoms with Gasteiger partial charge in [0.25, 0.3) is 9.05 Å². The molecule has 0 aliphatic carbocycles. The number of nitrogens with zero attached hydrogens (tertiary/aromatic N) is 10. The topological polar surface area (TPSA) is 355 Å². The van der Waals surface area contributed by atoms with Crippen LogP contribution in [0.2, 0.25) is 0 Å². The summed E-state index contributed by atoms with van der Waals surface area (Å²) in [5.41, 5.74) is 10.4. The van der Waals surface area contributed by atoms with E-state index in [4.69, 9.17) is 40.7 Å². The first-order valence-corrected chi connectivity index (χ1v) is 33.6. The number of nitrogens with two attached hydrogens (primary N) is 2. The lowest BCUT2D eigenvalue weighted by molar-refractivity contribution is 0.396. The summed E-state index contributed by atoms with van der Waals surface area (Å²) in [4.78, 5) is 6.68. The minimum atomic E-state index is -4.81. The van der Waals surface area contributed by atoms with Gasteiger partial charge < -0.3 is 19.9 Å². The van der Waals surface area contributed by atoms with Crippen LogP contribution < -0.4 is 29.8 Å². The fourth-order valence-corrected chi connectivity index (χ4v) is 16.8. The molecular formula is C55H53ClN14O11S6. The average molecular weight is 1310 g/mol. The molecule has 7 aromatic carbocycles. The van der Waals surface area contributed by atoms with E-state index in [-0.39, 0.29) is 49.8 Å². The molecule has 32 heteroatoms. The summed E-state index contributed by atoms with van der Waals surface area (Å²) >= 11 is 2.73. The molecule has 0 saturated carbocycles. The Labute approximate surface area is 512 Å². The van der Waals surface area contributed by atoms with Gasteiger partial charge in [-0.1, -0.05) is 91.6 Å². The number of tetrazole rings is 2. The maximum atomic E-state index is 15.6. The van der Waals surface area contributed by atoms with E-state index < -0.39 is 58.7 Å². The van der Waals surface area contributed by atoms with E-state index in [0.29, 0.717) is 66.8 Å². The van der Waals surface area contributed by atoms with E-state index in [1.165, 1.54) is 64.1 Å². The van der Waals surface area contributed by atoms with Crippen molar-refractivity contribution in [2.75, 3.05) is 34.1 Å². The number of anilines is 1. The zero-order valence-corrected chi connectivity index (χ0v) is 51.4. The highest BCUT2D eigenvalue weighted by molar-refractivity contribution is 8.14. The number of para-hydroxylation sites is 2. The number of benzene rings is 7. The molecule has 11 aromatic rings. The molecule has 11 rings (SSSR count). The maximum Gasteiger partial charge on any atom is 0.262 e. The number of hydrogen-bond acceptors (Lipinski definition) is 22. The van der Waals surface area contributed by atoms with Gasteiger partial charge in [-0.15, -0.1) is 26.6 Å². The van der Waals surface area contributed by atoms with E-state index in [9.17, 15) is 25.3 Å². The van der Waals surface area contributed by atoms with Crippen molar-refractivity contribution in [3.8, 4) is 62.3 Å². The highest BCUT2D eigenvalue weighted by Gasteiger charge is 2.38. The van der Waals surface area contributed by atoms with E-state index in [0.717, 1.165) is 33.1 Å². The molecule has 0 saturated heterocycles. The van der Waals surface area contributed by atoms with Gasteiger partial charge in [-0.25, -0.2) is 58.2 Å². The number of thiazole rings is 2.